The van der Waals surface area contributed by atoms with Gasteiger partial charge in [0.2, 0.25) is 0 Å². The van der Waals surface area contributed by atoms with Crippen LogP contribution in [-0.4, -0.2) is 47.2 Å². The zero-order chi connectivity index (χ0) is 20.1. The minimum absolute atomic E-state index is 0. The van der Waals surface area contributed by atoms with Crippen LogP contribution in [0.15, 0.2) is 54.7 Å². The number of hydrogen-bond acceptors (Lipinski definition) is 6. The second kappa shape index (κ2) is 10.2. The van der Waals surface area contributed by atoms with E-state index >= 15 is 0 Å². The van der Waals surface area contributed by atoms with Crippen LogP contribution in [0.4, 0.5) is 5.69 Å². The molecule has 0 spiro atoms. The number of carbonyl (C=O) groups is 1. The Balaban J connectivity index is 0.00000256. The van der Waals surface area contributed by atoms with Gasteiger partial charge in [-0.2, -0.15) is 0 Å². The molecule has 1 saturated heterocycles. The number of ether oxygens (including phenoxy) is 2. The molecule has 1 fully saturated rings. The van der Waals surface area contributed by atoms with Gasteiger partial charge in [0, 0.05) is 18.8 Å². The third-order valence-electron chi connectivity index (χ3n) is 4.61. The first-order valence-corrected chi connectivity index (χ1v) is 9.62. The monoisotopic (exact) mass is 429 g/mol. The number of carbonyl (C=O) groups excluding carboxylic acids is 1. The van der Waals surface area contributed by atoms with E-state index in [2.05, 4.69) is 20.9 Å². The van der Waals surface area contributed by atoms with E-state index in [4.69, 9.17) is 9.47 Å². The third-order valence-corrected chi connectivity index (χ3v) is 4.61. The number of aromatic nitrogens is 3. The predicted octanol–water partition coefficient (Wildman–Crippen LogP) is 3.00. The van der Waals surface area contributed by atoms with E-state index in [0.717, 1.165) is 30.1 Å². The highest BCUT2D eigenvalue weighted by atomic mass is 35.5. The summed E-state index contributed by atoms with van der Waals surface area (Å²) in [5.41, 5.74) is 2.81. The number of nitrogens with one attached hydrogen (secondary N) is 2. The maximum atomic E-state index is 12.5. The summed E-state index contributed by atoms with van der Waals surface area (Å²) in [6.45, 7) is 4.92. The number of rotatable bonds is 6. The topological polar surface area (TPSA) is 90.3 Å². The lowest BCUT2D eigenvalue weighted by Crippen LogP contribution is -2.33. The minimum atomic E-state index is -0.314. The number of benzene rings is 2. The predicted molar refractivity (Wildman–Crippen MR) is 116 cm³/mol. The van der Waals surface area contributed by atoms with E-state index in [9.17, 15) is 4.79 Å². The van der Waals surface area contributed by atoms with Crippen molar-refractivity contribution in [2.24, 2.45) is 0 Å². The molecule has 1 aliphatic heterocycles. The minimum Gasteiger partial charge on any atom is -0.494 e. The molecule has 9 heteroatoms. The molecule has 0 radical (unpaired) electrons. The zero-order valence-corrected chi connectivity index (χ0v) is 17.4. The Bertz CT molecular complexity index is 954. The normalized spacial score (nSPS) is 15.8. The Morgan fingerprint density at radius 3 is 2.67 bits per heavy atom. The molecular formula is C21H24ClN5O3. The molecule has 0 saturated carbocycles. The zero-order valence-electron chi connectivity index (χ0n) is 16.6. The van der Waals surface area contributed by atoms with E-state index in [0.29, 0.717) is 18.9 Å². The molecule has 1 amide bonds. The second-order valence-electron chi connectivity index (χ2n) is 6.61. The van der Waals surface area contributed by atoms with Gasteiger partial charge in [0.15, 0.2) is 5.69 Å². The smallest absolute Gasteiger partial charge is 0.277 e. The molecular weight excluding hydrogens is 406 g/mol. The van der Waals surface area contributed by atoms with Gasteiger partial charge < -0.3 is 20.1 Å². The number of halogens is 1. The summed E-state index contributed by atoms with van der Waals surface area (Å²) >= 11 is 0. The van der Waals surface area contributed by atoms with Crippen LogP contribution in [0, 0.1) is 0 Å². The average molecular weight is 430 g/mol. The Morgan fingerprint density at radius 2 is 2.00 bits per heavy atom. The van der Waals surface area contributed by atoms with Gasteiger partial charge in [0.25, 0.3) is 5.91 Å². The maximum absolute atomic E-state index is 12.5. The molecule has 0 bridgehead atoms. The van der Waals surface area contributed by atoms with Gasteiger partial charge in [-0.3, -0.25) is 4.79 Å². The fraction of sp³-hybridized carbons (Fsp3) is 0.286. The van der Waals surface area contributed by atoms with Gasteiger partial charge in [-0.25, -0.2) is 4.68 Å². The van der Waals surface area contributed by atoms with Crippen molar-refractivity contribution < 1.29 is 14.3 Å². The molecule has 4 rings (SSSR count). The molecule has 1 aromatic heterocycles. The second-order valence-corrected chi connectivity index (χ2v) is 6.61. The van der Waals surface area contributed by atoms with Gasteiger partial charge in [0.1, 0.15) is 5.75 Å². The maximum Gasteiger partial charge on any atom is 0.277 e. The van der Waals surface area contributed by atoms with Crippen LogP contribution in [-0.2, 0) is 4.74 Å². The fourth-order valence-electron chi connectivity index (χ4n) is 3.11. The van der Waals surface area contributed by atoms with Crippen molar-refractivity contribution >= 4 is 24.0 Å². The summed E-state index contributed by atoms with van der Waals surface area (Å²) in [5, 5.41) is 14.2. The highest BCUT2D eigenvalue weighted by Gasteiger charge is 2.16. The summed E-state index contributed by atoms with van der Waals surface area (Å²) in [5.74, 6) is 0.470. The van der Waals surface area contributed by atoms with Crippen LogP contribution >= 0.6 is 12.4 Å². The van der Waals surface area contributed by atoms with Gasteiger partial charge in [-0.05, 0) is 48.9 Å². The highest BCUT2D eigenvalue weighted by Crippen LogP contribution is 2.21. The molecule has 3 aromatic rings. The largest absolute Gasteiger partial charge is 0.494 e. The lowest BCUT2D eigenvalue weighted by atomic mass is 10.1. The summed E-state index contributed by atoms with van der Waals surface area (Å²) in [4.78, 5) is 12.5. The van der Waals surface area contributed by atoms with Crippen molar-refractivity contribution in [1.82, 2.24) is 20.3 Å². The Hall–Kier alpha value is -2.94. The summed E-state index contributed by atoms with van der Waals surface area (Å²) in [6.07, 6.45) is 1.64. The van der Waals surface area contributed by atoms with E-state index < -0.39 is 0 Å². The lowest BCUT2D eigenvalue weighted by Gasteiger charge is -2.24. The molecule has 1 atom stereocenters. The molecule has 1 unspecified atom stereocenters. The first-order valence-electron chi connectivity index (χ1n) is 9.62. The van der Waals surface area contributed by atoms with Gasteiger partial charge in [-0.15, -0.1) is 17.5 Å². The van der Waals surface area contributed by atoms with E-state index in [1.807, 2.05) is 55.5 Å². The van der Waals surface area contributed by atoms with Crippen LogP contribution in [0.2, 0.25) is 0 Å². The number of hydrogen-bond donors (Lipinski definition) is 2. The molecule has 1 aliphatic rings. The van der Waals surface area contributed by atoms with Crippen LogP contribution < -0.4 is 15.4 Å². The summed E-state index contributed by atoms with van der Waals surface area (Å²) in [6, 6.07) is 15.1. The van der Waals surface area contributed by atoms with Gasteiger partial charge in [0.05, 0.1) is 31.2 Å². The quantitative estimate of drug-likeness (QED) is 0.626. The number of anilines is 1. The summed E-state index contributed by atoms with van der Waals surface area (Å²) in [7, 11) is 0. The van der Waals surface area contributed by atoms with Crippen molar-refractivity contribution in [3.05, 3.63) is 66.0 Å². The molecule has 30 heavy (non-hydrogen) atoms. The van der Waals surface area contributed by atoms with Crippen molar-refractivity contribution in [3.63, 3.8) is 0 Å². The molecule has 2 heterocycles. The van der Waals surface area contributed by atoms with Crippen molar-refractivity contribution in [3.8, 4) is 11.4 Å². The van der Waals surface area contributed by atoms with Crippen LogP contribution in [0.3, 0.4) is 0 Å². The highest BCUT2D eigenvalue weighted by molar-refractivity contribution is 6.02. The van der Waals surface area contributed by atoms with Crippen molar-refractivity contribution in [2.45, 2.75) is 13.0 Å². The average Bonchev–Trinajstić information content (AvgIpc) is 3.26. The number of amides is 1. The Morgan fingerprint density at radius 1 is 1.23 bits per heavy atom. The standard InChI is InChI=1S/C21H23N5O3.ClH/c1-2-28-18-9-7-17(8-10-18)26-14-19(24-25-26)21(27)23-16-5-3-15(4-6-16)20-13-22-11-12-29-20;/h3-10,14,20,22H,2,11-13H2,1H3,(H,23,27);1H. The van der Waals surface area contributed by atoms with Crippen LogP contribution in [0.5, 0.6) is 5.75 Å². The fourth-order valence-corrected chi connectivity index (χ4v) is 3.11. The van der Waals surface area contributed by atoms with E-state index in [1.165, 1.54) is 0 Å². The van der Waals surface area contributed by atoms with Crippen LogP contribution in [0.1, 0.15) is 29.1 Å². The number of morpholine rings is 1. The molecule has 0 aliphatic carbocycles. The SMILES string of the molecule is CCOc1ccc(-n2cc(C(=O)Nc3ccc(C4CNCCO4)cc3)nn2)cc1.Cl. The van der Waals surface area contributed by atoms with Gasteiger partial charge in [-0.1, -0.05) is 17.3 Å². The van der Waals surface area contributed by atoms with Crippen molar-refractivity contribution in [2.75, 3.05) is 31.6 Å². The molecule has 2 N–H and O–H groups in total. The van der Waals surface area contributed by atoms with Gasteiger partial charge >= 0.3 is 0 Å². The van der Waals surface area contributed by atoms with Crippen molar-refractivity contribution in [1.29, 1.82) is 0 Å². The van der Waals surface area contributed by atoms with E-state index in [-0.39, 0.29) is 30.1 Å². The molecule has 158 valence electrons. The first-order chi connectivity index (χ1) is 14.2. The van der Waals surface area contributed by atoms with Crippen LogP contribution in [0.25, 0.3) is 5.69 Å². The molecule has 2 aromatic carbocycles. The Labute approximate surface area is 181 Å². The Kier molecular flexibility index (Phi) is 7.40. The number of nitrogens with zero attached hydrogens (tertiary/aromatic N) is 3. The third kappa shape index (κ3) is 5.15. The first kappa shape index (κ1) is 21.8. The van der Waals surface area contributed by atoms with E-state index in [1.54, 1.807) is 10.9 Å². The summed E-state index contributed by atoms with van der Waals surface area (Å²) < 4.78 is 12.7. The molecule has 8 nitrogen and oxygen atoms in total. The lowest BCUT2D eigenvalue weighted by molar-refractivity contribution is 0.0277.